The van der Waals surface area contributed by atoms with Gasteiger partial charge in [-0.15, -0.1) is 0 Å². The van der Waals surface area contributed by atoms with E-state index in [-0.39, 0.29) is 0 Å². The molecule has 0 saturated heterocycles. The molecule has 0 nitrogen and oxygen atoms in total. The van der Waals surface area contributed by atoms with Crippen LogP contribution in [0, 0.1) is 20.8 Å². The molecule has 1 rings (SSSR count). The van der Waals surface area contributed by atoms with Crippen LogP contribution in [0.15, 0.2) is 18.2 Å². The molecule has 1 aromatic carbocycles. The summed E-state index contributed by atoms with van der Waals surface area (Å²) in [6, 6.07) is 4.56. The Labute approximate surface area is 132 Å². The van der Waals surface area contributed by atoms with E-state index in [4.69, 9.17) is 0 Å². The minimum Gasteiger partial charge on any atom is -0.0839 e. The highest BCUT2D eigenvalue weighted by Gasteiger charge is 1.99. The lowest BCUT2D eigenvalue weighted by molar-refractivity contribution is 0.578. The molecule has 0 aromatic heterocycles. The van der Waals surface area contributed by atoms with Gasteiger partial charge in [-0.2, -0.15) is 0 Å². The molecule has 0 spiro atoms. The molecule has 0 atom stereocenters. The standard InChI is InChI=1S/C21H34/c1-5-6-7-8-9-10-11-12-13-14-15-21-19(3)16-18(2)17-20(21)4/h14-17H,5-13H2,1-4H3/b15-14+. The van der Waals surface area contributed by atoms with E-state index in [1.165, 1.54) is 80.0 Å². The third-order valence-electron chi connectivity index (χ3n) is 4.25. The zero-order valence-electron chi connectivity index (χ0n) is 14.7. The maximum absolute atomic E-state index is 2.36. The molecule has 0 bridgehead atoms. The summed E-state index contributed by atoms with van der Waals surface area (Å²) in [5, 5.41) is 0. The average molecular weight is 287 g/mol. The lowest BCUT2D eigenvalue weighted by Crippen LogP contribution is -1.88. The summed E-state index contributed by atoms with van der Waals surface area (Å²) in [5.41, 5.74) is 5.59. The van der Waals surface area contributed by atoms with Gasteiger partial charge in [0, 0.05) is 0 Å². The van der Waals surface area contributed by atoms with Gasteiger partial charge in [-0.1, -0.05) is 81.7 Å². The molecule has 0 amide bonds. The van der Waals surface area contributed by atoms with Crippen molar-refractivity contribution in [3.05, 3.63) is 40.5 Å². The van der Waals surface area contributed by atoms with Crippen molar-refractivity contribution < 1.29 is 0 Å². The van der Waals surface area contributed by atoms with Gasteiger partial charge in [-0.25, -0.2) is 0 Å². The van der Waals surface area contributed by atoms with Crippen LogP contribution in [0.2, 0.25) is 0 Å². The lowest BCUT2D eigenvalue weighted by Gasteiger charge is -2.07. The van der Waals surface area contributed by atoms with Gasteiger partial charge in [0.05, 0.1) is 0 Å². The Morgan fingerprint density at radius 1 is 0.762 bits per heavy atom. The van der Waals surface area contributed by atoms with E-state index < -0.39 is 0 Å². The number of benzene rings is 1. The summed E-state index contributed by atoms with van der Waals surface area (Å²) in [6.07, 6.45) is 17.1. The van der Waals surface area contributed by atoms with Crippen LogP contribution in [0.1, 0.15) is 87.0 Å². The number of hydrogen-bond acceptors (Lipinski definition) is 0. The van der Waals surface area contributed by atoms with Crippen LogP contribution in [0.4, 0.5) is 0 Å². The number of rotatable bonds is 10. The van der Waals surface area contributed by atoms with Crippen molar-refractivity contribution >= 4 is 6.08 Å². The molecule has 0 saturated carbocycles. The Hall–Kier alpha value is -1.04. The zero-order valence-corrected chi connectivity index (χ0v) is 14.7. The second-order valence-electron chi connectivity index (χ2n) is 6.48. The molecular formula is C21H34. The molecule has 118 valence electrons. The minimum absolute atomic E-state index is 1.22. The van der Waals surface area contributed by atoms with Crippen molar-refractivity contribution in [2.24, 2.45) is 0 Å². The van der Waals surface area contributed by atoms with Gasteiger partial charge < -0.3 is 0 Å². The Morgan fingerprint density at radius 3 is 1.86 bits per heavy atom. The topological polar surface area (TPSA) is 0 Å². The Kier molecular flexibility index (Phi) is 9.14. The van der Waals surface area contributed by atoms with Crippen molar-refractivity contribution in [1.82, 2.24) is 0 Å². The van der Waals surface area contributed by atoms with Gasteiger partial charge in [0.15, 0.2) is 0 Å². The highest BCUT2D eigenvalue weighted by Crippen LogP contribution is 2.18. The van der Waals surface area contributed by atoms with Crippen LogP contribution < -0.4 is 0 Å². The van der Waals surface area contributed by atoms with Crippen LogP contribution in [0.25, 0.3) is 6.08 Å². The van der Waals surface area contributed by atoms with E-state index in [1.807, 2.05) is 0 Å². The fourth-order valence-electron chi connectivity index (χ4n) is 3.05. The first-order chi connectivity index (χ1) is 10.1. The van der Waals surface area contributed by atoms with Crippen LogP contribution in [-0.4, -0.2) is 0 Å². The maximum Gasteiger partial charge on any atom is -0.0201 e. The summed E-state index contributed by atoms with van der Waals surface area (Å²) in [4.78, 5) is 0. The molecular weight excluding hydrogens is 252 g/mol. The number of aryl methyl sites for hydroxylation is 3. The van der Waals surface area contributed by atoms with Crippen LogP contribution >= 0.6 is 0 Å². The minimum atomic E-state index is 1.22. The van der Waals surface area contributed by atoms with Crippen molar-refractivity contribution in [3.63, 3.8) is 0 Å². The lowest BCUT2D eigenvalue weighted by atomic mass is 9.99. The smallest absolute Gasteiger partial charge is 0.0201 e. The van der Waals surface area contributed by atoms with Crippen molar-refractivity contribution in [3.8, 4) is 0 Å². The van der Waals surface area contributed by atoms with Crippen molar-refractivity contribution in [2.45, 2.75) is 85.5 Å². The van der Waals surface area contributed by atoms with Gasteiger partial charge in [-0.3, -0.25) is 0 Å². The van der Waals surface area contributed by atoms with Gasteiger partial charge in [0.2, 0.25) is 0 Å². The monoisotopic (exact) mass is 286 g/mol. The van der Waals surface area contributed by atoms with Crippen molar-refractivity contribution in [2.75, 3.05) is 0 Å². The van der Waals surface area contributed by atoms with Gasteiger partial charge in [0.25, 0.3) is 0 Å². The molecule has 0 aliphatic carbocycles. The molecule has 0 aliphatic heterocycles. The van der Waals surface area contributed by atoms with E-state index in [0.29, 0.717) is 0 Å². The second kappa shape index (κ2) is 10.7. The van der Waals surface area contributed by atoms with Crippen LogP contribution in [-0.2, 0) is 0 Å². The first kappa shape index (κ1) is 18.0. The fraction of sp³-hybridized carbons (Fsp3) is 0.619. The number of hydrogen-bond donors (Lipinski definition) is 0. The summed E-state index contributed by atoms with van der Waals surface area (Å²) >= 11 is 0. The quantitative estimate of drug-likeness (QED) is 0.400. The zero-order chi connectivity index (χ0) is 15.5. The summed E-state index contributed by atoms with van der Waals surface area (Å²) in [7, 11) is 0. The molecule has 0 N–H and O–H groups in total. The Bertz CT molecular complexity index is 403. The van der Waals surface area contributed by atoms with Crippen molar-refractivity contribution in [1.29, 1.82) is 0 Å². The molecule has 21 heavy (non-hydrogen) atoms. The molecule has 0 aliphatic rings. The Balaban J connectivity index is 2.18. The second-order valence-corrected chi connectivity index (χ2v) is 6.48. The molecule has 0 unspecified atom stereocenters. The first-order valence-corrected chi connectivity index (χ1v) is 8.89. The fourth-order valence-corrected chi connectivity index (χ4v) is 3.05. The van der Waals surface area contributed by atoms with Gasteiger partial charge >= 0.3 is 0 Å². The molecule has 1 aromatic rings. The first-order valence-electron chi connectivity index (χ1n) is 8.89. The highest BCUT2D eigenvalue weighted by molar-refractivity contribution is 5.58. The molecule has 0 heterocycles. The third kappa shape index (κ3) is 7.50. The molecule has 0 heteroatoms. The largest absolute Gasteiger partial charge is 0.0839 e. The SMILES string of the molecule is CCCCCCCCCC/C=C/c1c(C)cc(C)cc1C. The highest BCUT2D eigenvalue weighted by atomic mass is 14.0. The van der Waals surface area contributed by atoms with E-state index >= 15 is 0 Å². The third-order valence-corrected chi connectivity index (χ3v) is 4.25. The predicted octanol–water partition coefficient (Wildman–Crippen LogP) is 7.16. The molecule has 0 radical (unpaired) electrons. The average Bonchev–Trinajstić information content (AvgIpc) is 2.43. The van der Waals surface area contributed by atoms with E-state index in [0.717, 1.165) is 0 Å². The summed E-state index contributed by atoms with van der Waals surface area (Å²) < 4.78 is 0. The maximum atomic E-state index is 2.36. The van der Waals surface area contributed by atoms with Crippen LogP contribution in [0.3, 0.4) is 0 Å². The van der Waals surface area contributed by atoms with E-state index in [9.17, 15) is 0 Å². The Morgan fingerprint density at radius 2 is 1.29 bits per heavy atom. The van der Waals surface area contributed by atoms with E-state index in [1.54, 1.807) is 0 Å². The molecule has 0 fully saturated rings. The van der Waals surface area contributed by atoms with Gasteiger partial charge in [0.1, 0.15) is 0 Å². The summed E-state index contributed by atoms with van der Waals surface area (Å²) in [6.45, 7) is 8.89. The van der Waals surface area contributed by atoms with Crippen LogP contribution in [0.5, 0.6) is 0 Å². The predicted molar refractivity (Wildman–Crippen MR) is 96.9 cm³/mol. The van der Waals surface area contributed by atoms with E-state index in [2.05, 4.69) is 52.0 Å². The van der Waals surface area contributed by atoms with Gasteiger partial charge in [-0.05, 0) is 50.3 Å². The number of allylic oxidation sites excluding steroid dienone is 1. The summed E-state index contributed by atoms with van der Waals surface area (Å²) in [5.74, 6) is 0. The normalized spacial score (nSPS) is 11.4. The number of unbranched alkanes of at least 4 members (excludes halogenated alkanes) is 8.